The van der Waals surface area contributed by atoms with Gasteiger partial charge in [0.2, 0.25) is 0 Å². The van der Waals surface area contributed by atoms with E-state index in [0.717, 1.165) is 11.3 Å². The highest BCUT2D eigenvalue weighted by Gasteiger charge is 2.12. The summed E-state index contributed by atoms with van der Waals surface area (Å²) in [6.07, 6.45) is 1.81. The van der Waals surface area contributed by atoms with Crippen molar-refractivity contribution >= 4 is 17.3 Å². The van der Waals surface area contributed by atoms with E-state index in [2.05, 4.69) is 10.3 Å². The second-order valence-corrected chi connectivity index (χ2v) is 4.69. The normalized spacial score (nSPS) is 10.2. The first kappa shape index (κ1) is 14.8. The minimum absolute atomic E-state index is 0.328. The van der Waals surface area contributed by atoms with Crippen LogP contribution in [0.2, 0.25) is 0 Å². The summed E-state index contributed by atoms with van der Waals surface area (Å²) in [5.74, 6) is -0.380. The van der Waals surface area contributed by atoms with Crippen LogP contribution in [0.15, 0.2) is 36.5 Å². The molecule has 1 aromatic heterocycles. The molecule has 0 unspecified atom stereocenters. The Bertz CT molecular complexity index is 624. The standard InChI is InChI=1S/C16H19N3O2/c1-3-21-16(20)14-8-13(17)6-7-15(14)19-10-12-5-4-11(2)18-9-12/h4-9,19H,3,10,17H2,1-2H3. The number of anilines is 2. The second-order valence-electron chi connectivity index (χ2n) is 4.69. The zero-order valence-corrected chi connectivity index (χ0v) is 12.2. The molecule has 2 aromatic rings. The van der Waals surface area contributed by atoms with Crippen molar-refractivity contribution in [2.45, 2.75) is 20.4 Å². The molecule has 0 bridgehead atoms. The molecule has 0 fully saturated rings. The van der Waals surface area contributed by atoms with E-state index in [4.69, 9.17) is 10.5 Å². The molecule has 0 aliphatic heterocycles. The monoisotopic (exact) mass is 285 g/mol. The van der Waals surface area contributed by atoms with Gasteiger partial charge in [-0.2, -0.15) is 0 Å². The average Bonchev–Trinajstić information content (AvgIpc) is 2.48. The highest BCUT2D eigenvalue weighted by molar-refractivity contribution is 5.96. The fourth-order valence-electron chi connectivity index (χ4n) is 1.89. The van der Waals surface area contributed by atoms with Crippen molar-refractivity contribution in [3.8, 4) is 0 Å². The third-order valence-corrected chi connectivity index (χ3v) is 2.99. The van der Waals surface area contributed by atoms with Crippen LogP contribution in [0.4, 0.5) is 11.4 Å². The van der Waals surface area contributed by atoms with E-state index >= 15 is 0 Å². The second kappa shape index (κ2) is 6.74. The molecule has 0 aliphatic carbocycles. The van der Waals surface area contributed by atoms with Gasteiger partial charge in [-0.1, -0.05) is 6.07 Å². The van der Waals surface area contributed by atoms with Crippen molar-refractivity contribution in [2.75, 3.05) is 17.7 Å². The molecule has 0 aliphatic rings. The summed E-state index contributed by atoms with van der Waals surface area (Å²) in [4.78, 5) is 16.2. The van der Waals surface area contributed by atoms with E-state index in [1.54, 1.807) is 25.1 Å². The van der Waals surface area contributed by atoms with Gasteiger partial charge < -0.3 is 15.8 Å². The van der Waals surface area contributed by atoms with Crippen molar-refractivity contribution in [1.82, 2.24) is 4.98 Å². The van der Waals surface area contributed by atoms with Gasteiger partial charge in [0.05, 0.1) is 12.2 Å². The first-order valence-corrected chi connectivity index (χ1v) is 6.82. The van der Waals surface area contributed by atoms with Crippen LogP contribution in [-0.4, -0.2) is 17.6 Å². The number of esters is 1. The molecular weight excluding hydrogens is 266 g/mol. The first-order valence-electron chi connectivity index (χ1n) is 6.82. The zero-order valence-electron chi connectivity index (χ0n) is 12.2. The van der Waals surface area contributed by atoms with Crippen molar-refractivity contribution in [3.63, 3.8) is 0 Å². The largest absolute Gasteiger partial charge is 0.462 e. The van der Waals surface area contributed by atoms with Gasteiger partial charge in [-0.3, -0.25) is 4.98 Å². The molecule has 0 spiro atoms. The van der Waals surface area contributed by atoms with Gasteiger partial charge >= 0.3 is 5.97 Å². The van der Waals surface area contributed by atoms with Crippen LogP contribution in [0.5, 0.6) is 0 Å². The molecule has 5 nitrogen and oxygen atoms in total. The van der Waals surface area contributed by atoms with Crippen molar-refractivity contribution in [1.29, 1.82) is 0 Å². The summed E-state index contributed by atoms with van der Waals surface area (Å²) in [7, 11) is 0. The minimum Gasteiger partial charge on any atom is -0.462 e. The molecule has 0 saturated heterocycles. The van der Waals surface area contributed by atoms with E-state index in [-0.39, 0.29) is 5.97 Å². The SMILES string of the molecule is CCOC(=O)c1cc(N)ccc1NCc1ccc(C)nc1. The number of aryl methyl sites for hydroxylation is 1. The molecule has 1 aromatic carbocycles. The molecule has 21 heavy (non-hydrogen) atoms. The molecule has 2 rings (SSSR count). The van der Waals surface area contributed by atoms with E-state index in [0.29, 0.717) is 30.1 Å². The third-order valence-electron chi connectivity index (χ3n) is 2.99. The van der Waals surface area contributed by atoms with Gasteiger partial charge in [-0.25, -0.2) is 4.79 Å². The summed E-state index contributed by atoms with van der Waals surface area (Å²) in [6, 6.07) is 9.10. The molecule has 110 valence electrons. The number of carbonyl (C=O) groups is 1. The van der Waals surface area contributed by atoms with Crippen molar-refractivity contribution < 1.29 is 9.53 Å². The fraction of sp³-hybridized carbons (Fsp3) is 0.250. The number of hydrogen-bond acceptors (Lipinski definition) is 5. The van der Waals surface area contributed by atoms with Crippen LogP contribution in [0.25, 0.3) is 0 Å². The van der Waals surface area contributed by atoms with Crippen LogP contribution >= 0.6 is 0 Å². The number of aromatic nitrogens is 1. The number of ether oxygens (including phenoxy) is 1. The van der Waals surface area contributed by atoms with Gasteiger partial charge in [0, 0.05) is 29.8 Å². The Morgan fingerprint density at radius 3 is 2.81 bits per heavy atom. The molecular formula is C16H19N3O2. The lowest BCUT2D eigenvalue weighted by Crippen LogP contribution is -2.10. The maximum Gasteiger partial charge on any atom is 0.340 e. The lowest BCUT2D eigenvalue weighted by Gasteiger charge is -2.12. The number of nitrogens with zero attached hydrogens (tertiary/aromatic N) is 1. The van der Waals surface area contributed by atoms with Gasteiger partial charge in [0.15, 0.2) is 0 Å². The van der Waals surface area contributed by atoms with Gasteiger partial charge in [0.25, 0.3) is 0 Å². The predicted octanol–water partition coefficient (Wildman–Crippen LogP) is 2.76. The molecule has 5 heteroatoms. The van der Waals surface area contributed by atoms with Gasteiger partial charge in [0.1, 0.15) is 0 Å². The lowest BCUT2D eigenvalue weighted by atomic mass is 10.1. The number of hydrogen-bond donors (Lipinski definition) is 2. The van der Waals surface area contributed by atoms with Crippen molar-refractivity contribution in [2.24, 2.45) is 0 Å². The molecule has 3 N–H and O–H groups in total. The quantitative estimate of drug-likeness (QED) is 0.652. The summed E-state index contributed by atoms with van der Waals surface area (Å²) in [5.41, 5.74) is 9.41. The Morgan fingerprint density at radius 2 is 2.14 bits per heavy atom. The summed E-state index contributed by atoms with van der Waals surface area (Å²) < 4.78 is 5.04. The van der Waals surface area contributed by atoms with Gasteiger partial charge in [-0.05, 0) is 43.7 Å². The van der Waals surface area contributed by atoms with Crippen LogP contribution in [0.3, 0.4) is 0 Å². The number of benzene rings is 1. The van der Waals surface area contributed by atoms with Crippen LogP contribution in [0.1, 0.15) is 28.5 Å². The number of nitrogen functional groups attached to an aromatic ring is 1. The molecule has 0 saturated carbocycles. The van der Waals surface area contributed by atoms with Crippen LogP contribution < -0.4 is 11.1 Å². The smallest absolute Gasteiger partial charge is 0.340 e. The average molecular weight is 285 g/mol. The number of nitrogens with two attached hydrogens (primary N) is 1. The predicted molar refractivity (Wildman–Crippen MR) is 83.1 cm³/mol. The Hall–Kier alpha value is -2.56. The summed E-state index contributed by atoms with van der Waals surface area (Å²) in [5, 5.41) is 3.22. The molecule has 0 radical (unpaired) electrons. The number of pyridine rings is 1. The minimum atomic E-state index is -0.380. The lowest BCUT2D eigenvalue weighted by molar-refractivity contribution is 0.0527. The van der Waals surface area contributed by atoms with Crippen LogP contribution in [-0.2, 0) is 11.3 Å². The Balaban J connectivity index is 2.15. The highest BCUT2D eigenvalue weighted by atomic mass is 16.5. The first-order chi connectivity index (χ1) is 10.1. The summed E-state index contributed by atoms with van der Waals surface area (Å²) in [6.45, 7) is 4.61. The van der Waals surface area contributed by atoms with E-state index in [9.17, 15) is 4.79 Å². The Labute approximate surface area is 124 Å². The Kier molecular flexibility index (Phi) is 4.77. The van der Waals surface area contributed by atoms with E-state index in [1.165, 1.54) is 0 Å². The number of nitrogens with one attached hydrogen (secondary N) is 1. The molecule has 1 heterocycles. The maximum absolute atomic E-state index is 11.9. The zero-order chi connectivity index (χ0) is 15.2. The fourth-order valence-corrected chi connectivity index (χ4v) is 1.89. The van der Waals surface area contributed by atoms with E-state index in [1.807, 2.05) is 25.3 Å². The van der Waals surface area contributed by atoms with Crippen LogP contribution in [0, 0.1) is 6.92 Å². The highest BCUT2D eigenvalue weighted by Crippen LogP contribution is 2.20. The molecule has 0 atom stereocenters. The summed E-state index contributed by atoms with van der Waals surface area (Å²) >= 11 is 0. The number of rotatable bonds is 5. The molecule has 0 amide bonds. The topological polar surface area (TPSA) is 77.2 Å². The maximum atomic E-state index is 11.9. The van der Waals surface area contributed by atoms with Gasteiger partial charge in [-0.15, -0.1) is 0 Å². The van der Waals surface area contributed by atoms with Crippen molar-refractivity contribution in [3.05, 3.63) is 53.3 Å². The third kappa shape index (κ3) is 3.95. The number of carbonyl (C=O) groups excluding carboxylic acids is 1. The van der Waals surface area contributed by atoms with E-state index < -0.39 is 0 Å². The Morgan fingerprint density at radius 1 is 1.33 bits per heavy atom.